The van der Waals surface area contributed by atoms with Crippen LogP contribution in [-0.4, -0.2) is 76.1 Å². The number of amides is 3. The average molecular weight is 578 g/mol. The van der Waals surface area contributed by atoms with Crippen molar-refractivity contribution >= 4 is 35.0 Å². The molecule has 2 aromatic rings. The van der Waals surface area contributed by atoms with Gasteiger partial charge in [-0.05, 0) is 49.6 Å². The van der Waals surface area contributed by atoms with Crippen LogP contribution in [0.5, 0.6) is 0 Å². The molecule has 8 nitrogen and oxygen atoms in total. The molecule has 9 heteroatoms. The van der Waals surface area contributed by atoms with Crippen LogP contribution in [0.3, 0.4) is 0 Å². The zero-order valence-corrected chi connectivity index (χ0v) is 24.0. The monoisotopic (exact) mass is 577 g/mol. The van der Waals surface area contributed by atoms with E-state index in [4.69, 9.17) is 16.3 Å². The standard InChI is InChI=1S/C32H36ClN3O5/c1-4-17-34(21-22-9-7-6-8-10-22)28(38)25-26-29(39)36(19-20-37)27(32(26)16-15-31(25,3)41-32)30(40)35(18-5-2)24-13-11-23(33)12-14-24/h4-14,25-27,37H,1-2,15-21H2,3H3/t25-,26-,27?,31+,32?/m0/s1. The summed E-state index contributed by atoms with van der Waals surface area (Å²) in [7, 11) is 0. The van der Waals surface area contributed by atoms with E-state index in [2.05, 4.69) is 13.2 Å². The van der Waals surface area contributed by atoms with Crippen LogP contribution in [0.2, 0.25) is 5.02 Å². The van der Waals surface area contributed by atoms with Crippen LogP contribution in [0, 0.1) is 11.8 Å². The Morgan fingerprint density at radius 3 is 2.39 bits per heavy atom. The lowest BCUT2D eigenvalue weighted by molar-refractivity contribution is -0.150. The number of benzene rings is 2. The number of fused-ring (bicyclic) bond motifs is 1. The lowest BCUT2D eigenvalue weighted by Gasteiger charge is -2.36. The van der Waals surface area contributed by atoms with Gasteiger partial charge in [-0.2, -0.15) is 0 Å². The van der Waals surface area contributed by atoms with Gasteiger partial charge in [-0.25, -0.2) is 0 Å². The predicted octanol–water partition coefficient (Wildman–Crippen LogP) is 3.83. The number of hydrogen-bond acceptors (Lipinski definition) is 5. The summed E-state index contributed by atoms with van der Waals surface area (Å²) in [5.74, 6) is -2.52. The summed E-state index contributed by atoms with van der Waals surface area (Å²) < 4.78 is 6.74. The number of likely N-dealkylation sites (tertiary alicyclic amines) is 1. The highest BCUT2D eigenvalue weighted by atomic mass is 35.5. The van der Waals surface area contributed by atoms with Crippen LogP contribution in [0.25, 0.3) is 0 Å². The third-order valence-electron chi connectivity index (χ3n) is 8.71. The van der Waals surface area contributed by atoms with Crippen LogP contribution < -0.4 is 4.90 Å². The van der Waals surface area contributed by atoms with E-state index >= 15 is 0 Å². The molecule has 3 saturated heterocycles. The minimum absolute atomic E-state index is 0.0442. The quantitative estimate of drug-likeness (QED) is 0.410. The number of aliphatic hydroxyl groups excluding tert-OH is 1. The van der Waals surface area contributed by atoms with E-state index in [-0.39, 0.29) is 37.4 Å². The van der Waals surface area contributed by atoms with Gasteiger partial charge in [0.05, 0.1) is 24.0 Å². The molecular weight excluding hydrogens is 542 g/mol. The molecule has 3 amide bonds. The van der Waals surface area contributed by atoms with Crippen molar-refractivity contribution in [2.24, 2.45) is 11.8 Å². The highest BCUT2D eigenvalue weighted by molar-refractivity contribution is 6.30. The fourth-order valence-corrected chi connectivity index (χ4v) is 7.16. The minimum atomic E-state index is -1.20. The van der Waals surface area contributed by atoms with Gasteiger partial charge < -0.3 is 24.5 Å². The Hall–Kier alpha value is -3.46. The second-order valence-corrected chi connectivity index (χ2v) is 11.6. The minimum Gasteiger partial charge on any atom is -0.395 e. The van der Waals surface area contributed by atoms with Crippen molar-refractivity contribution in [2.45, 2.75) is 43.6 Å². The molecule has 41 heavy (non-hydrogen) atoms. The molecular formula is C32H36ClN3O5. The van der Waals surface area contributed by atoms with E-state index in [0.717, 1.165) is 5.56 Å². The van der Waals surface area contributed by atoms with E-state index in [1.54, 1.807) is 46.2 Å². The van der Waals surface area contributed by atoms with E-state index in [1.165, 1.54) is 4.90 Å². The summed E-state index contributed by atoms with van der Waals surface area (Å²) in [4.78, 5) is 47.6. The van der Waals surface area contributed by atoms with Crippen molar-refractivity contribution in [1.82, 2.24) is 9.80 Å². The highest BCUT2D eigenvalue weighted by Crippen LogP contribution is 2.63. The fourth-order valence-electron chi connectivity index (χ4n) is 7.04. The number of hydrogen-bond donors (Lipinski definition) is 1. The zero-order valence-electron chi connectivity index (χ0n) is 23.2. The summed E-state index contributed by atoms with van der Waals surface area (Å²) in [5.41, 5.74) is -0.554. The maximum absolute atomic E-state index is 14.4. The number of halogens is 1. The summed E-state index contributed by atoms with van der Waals surface area (Å²) >= 11 is 6.10. The Bertz CT molecular complexity index is 1330. The number of anilines is 1. The maximum atomic E-state index is 14.4. The highest BCUT2D eigenvalue weighted by Gasteiger charge is 2.78. The van der Waals surface area contributed by atoms with Gasteiger partial charge in [-0.3, -0.25) is 14.4 Å². The van der Waals surface area contributed by atoms with Crippen LogP contribution in [0.4, 0.5) is 5.69 Å². The predicted molar refractivity (Wildman–Crippen MR) is 157 cm³/mol. The molecule has 3 heterocycles. The van der Waals surface area contributed by atoms with Gasteiger partial charge in [0.2, 0.25) is 11.8 Å². The molecule has 3 aliphatic rings. The molecule has 1 spiro atoms. The Balaban J connectivity index is 1.54. The molecule has 5 atom stereocenters. The molecule has 216 valence electrons. The first kappa shape index (κ1) is 29.0. The molecule has 5 rings (SSSR count). The molecule has 3 aliphatic heterocycles. The molecule has 2 bridgehead atoms. The van der Waals surface area contributed by atoms with Gasteiger partial charge in [0, 0.05) is 36.9 Å². The zero-order chi connectivity index (χ0) is 29.4. The topological polar surface area (TPSA) is 90.4 Å². The first-order valence-corrected chi connectivity index (χ1v) is 14.3. The molecule has 0 aromatic heterocycles. The first-order chi connectivity index (χ1) is 19.7. The number of aliphatic hydroxyl groups is 1. The van der Waals surface area contributed by atoms with E-state index in [1.807, 2.05) is 37.3 Å². The van der Waals surface area contributed by atoms with E-state index in [9.17, 15) is 19.5 Å². The summed E-state index contributed by atoms with van der Waals surface area (Å²) in [6.07, 6.45) is 4.27. The number of β-amino-alcohol motifs (C(OH)–C–C–N with tert-alkyl or cyclic N) is 1. The Kier molecular flexibility index (Phi) is 8.10. The molecule has 3 fully saturated rings. The van der Waals surface area contributed by atoms with Crippen LogP contribution in [0.1, 0.15) is 25.3 Å². The van der Waals surface area contributed by atoms with Crippen molar-refractivity contribution < 1.29 is 24.2 Å². The second-order valence-electron chi connectivity index (χ2n) is 11.2. The van der Waals surface area contributed by atoms with Gasteiger partial charge >= 0.3 is 0 Å². The van der Waals surface area contributed by atoms with Gasteiger partial charge in [0.1, 0.15) is 11.6 Å². The number of carbonyl (C=O) groups is 3. The molecule has 2 aromatic carbocycles. The fraction of sp³-hybridized carbons (Fsp3) is 0.406. The summed E-state index contributed by atoms with van der Waals surface area (Å²) in [5, 5.41) is 10.5. The van der Waals surface area contributed by atoms with Crippen molar-refractivity contribution in [3.05, 3.63) is 90.5 Å². The van der Waals surface area contributed by atoms with E-state index < -0.39 is 29.1 Å². The number of rotatable bonds is 11. The lowest BCUT2D eigenvalue weighted by atomic mass is 9.66. The molecule has 0 aliphatic carbocycles. The number of nitrogens with zero attached hydrogens (tertiary/aromatic N) is 3. The Morgan fingerprint density at radius 1 is 1.07 bits per heavy atom. The molecule has 2 unspecified atom stereocenters. The molecule has 1 N–H and O–H groups in total. The van der Waals surface area contributed by atoms with Crippen LogP contribution >= 0.6 is 11.6 Å². The SMILES string of the molecule is C=CCN(Cc1ccccc1)C(=O)[C@@H]1[C@H]2C(=O)N(CCO)C(C(=O)N(CC=C)c3ccc(Cl)cc3)C23CC[C@@]1(C)O3. The van der Waals surface area contributed by atoms with Gasteiger partial charge in [0.25, 0.3) is 5.91 Å². The van der Waals surface area contributed by atoms with Crippen LogP contribution in [0.15, 0.2) is 79.9 Å². The van der Waals surface area contributed by atoms with Crippen molar-refractivity contribution in [3.63, 3.8) is 0 Å². The number of ether oxygens (including phenoxy) is 1. The van der Waals surface area contributed by atoms with Gasteiger partial charge in [0.15, 0.2) is 0 Å². The van der Waals surface area contributed by atoms with E-state index in [0.29, 0.717) is 36.6 Å². The Morgan fingerprint density at radius 2 is 1.76 bits per heavy atom. The smallest absolute Gasteiger partial charge is 0.253 e. The summed E-state index contributed by atoms with van der Waals surface area (Å²) in [6, 6.07) is 15.5. The molecule has 0 saturated carbocycles. The van der Waals surface area contributed by atoms with Gasteiger partial charge in [-0.1, -0.05) is 54.1 Å². The third-order valence-corrected chi connectivity index (χ3v) is 8.96. The third kappa shape index (κ3) is 4.88. The second kappa shape index (κ2) is 11.4. The Labute approximate surface area is 245 Å². The van der Waals surface area contributed by atoms with Crippen molar-refractivity contribution in [3.8, 4) is 0 Å². The van der Waals surface area contributed by atoms with Crippen molar-refractivity contribution in [1.29, 1.82) is 0 Å². The lowest BCUT2D eigenvalue weighted by Crippen LogP contribution is -2.57. The largest absolute Gasteiger partial charge is 0.395 e. The van der Waals surface area contributed by atoms with Gasteiger partial charge in [-0.15, -0.1) is 13.2 Å². The average Bonchev–Trinajstić information content (AvgIpc) is 3.53. The van der Waals surface area contributed by atoms with Crippen molar-refractivity contribution in [2.75, 3.05) is 31.1 Å². The maximum Gasteiger partial charge on any atom is 0.253 e. The summed E-state index contributed by atoms with van der Waals surface area (Å²) in [6.45, 7) is 10.0. The normalized spacial score (nSPS) is 27.9. The van der Waals surface area contributed by atoms with Crippen LogP contribution in [-0.2, 0) is 25.7 Å². The molecule has 0 radical (unpaired) electrons. The first-order valence-electron chi connectivity index (χ1n) is 13.9. The number of carbonyl (C=O) groups excluding carboxylic acids is 3.